The van der Waals surface area contributed by atoms with Crippen LogP contribution >= 0.6 is 11.6 Å². The molecule has 0 bridgehead atoms. The SMILES string of the molecule is C=CC(=O)N1CCN(c2c(C#N)c(OC[C@@H]3CCCN3C)nc3c2CCN(c2c(C)cccc2Cl)C3)C[C@H]1C. The summed E-state index contributed by atoms with van der Waals surface area (Å²) in [5.74, 6) is 0.344. The predicted octanol–water partition coefficient (Wildman–Crippen LogP) is 4.17. The van der Waals surface area contributed by atoms with Crippen molar-refractivity contribution in [1.29, 1.82) is 5.26 Å². The molecule has 2 saturated heterocycles. The Balaban J connectivity index is 1.53. The van der Waals surface area contributed by atoms with Crippen LogP contribution in [0.25, 0.3) is 0 Å². The molecule has 4 heterocycles. The number of likely N-dealkylation sites (N-methyl/N-ethyl adjacent to an activating group) is 1. The van der Waals surface area contributed by atoms with Crippen molar-refractivity contribution >= 4 is 28.9 Å². The predicted molar refractivity (Wildman–Crippen MR) is 155 cm³/mol. The summed E-state index contributed by atoms with van der Waals surface area (Å²) < 4.78 is 6.35. The minimum absolute atomic E-state index is 0.0121. The first kappa shape index (κ1) is 27.3. The van der Waals surface area contributed by atoms with Gasteiger partial charge >= 0.3 is 0 Å². The molecule has 2 atom stereocenters. The highest BCUT2D eigenvalue weighted by Crippen LogP contribution is 2.40. The highest BCUT2D eigenvalue weighted by molar-refractivity contribution is 6.33. The second-order valence-corrected chi connectivity index (χ2v) is 11.3. The van der Waals surface area contributed by atoms with Crippen LogP contribution in [-0.4, -0.2) is 79.2 Å². The first-order valence-electron chi connectivity index (χ1n) is 13.8. The number of nitriles is 1. The highest BCUT2D eigenvalue weighted by Gasteiger charge is 2.34. The third kappa shape index (κ3) is 5.30. The van der Waals surface area contributed by atoms with Crippen LogP contribution in [-0.2, 0) is 17.8 Å². The van der Waals surface area contributed by atoms with Crippen molar-refractivity contribution in [2.75, 3.05) is 56.2 Å². The molecular formula is C30H37ClN6O2. The average Bonchev–Trinajstić information content (AvgIpc) is 3.34. The monoisotopic (exact) mass is 548 g/mol. The summed E-state index contributed by atoms with van der Waals surface area (Å²) in [6.45, 7) is 12.5. The molecule has 2 aromatic rings. The van der Waals surface area contributed by atoms with Gasteiger partial charge in [0.2, 0.25) is 11.8 Å². The lowest BCUT2D eigenvalue weighted by atomic mass is 9.97. The van der Waals surface area contributed by atoms with Gasteiger partial charge in [0, 0.05) is 43.8 Å². The molecule has 3 aliphatic heterocycles. The second-order valence-electron chi connectivity index (χ2n) is 10.9. The van der Waals surface area contributed by atoms with Gasteiger partial charge in [-0.2, -0.15) is 5.26 Å². The molecule has 3 aliphatic rings. The van der Waals surface area contributed by atoms with Crippen LogP contribution in [0.5, 0.6) is 5.88 Å². The molecule has 206 valence electrons. The second kappa shape index (κ2) is 11.4. The average molecular weight is 549 g/mol. The van der Waals surface area contributed by atoms with Gasteiger partial charge in [-0.25, -0.2) is 4.98 Å². The number of ether oxygens (including phenoxy) is 1. The van der Waals surface area contributed by atoms with E-state index in [1.54, 1.807) is 0 Å². The van der Waals surface area contributed by atoms with Crippen molar-refractivity contribution in [3.63, 3.8) is 0 Å². The number of benzene rings is 1. The van der Waals surface area contributed by atoms with Gasteiger partial charge in [-0.1, -0.05) is 30.3 Å². The van der Waals surface area contributed by atoms with Crippen molar-refractivity contribution < 1.29 is 9.53 Å². The zero-order valence-corrected chi connectivity index (χ0v) is 23.9. The lowest BCUT2D eigenvalue weighted by molar-refractivity contribution is -0.128. The molecule has 1 amide bonds. The van der Waals surface area contributed by atoms with Crippen LogP contribution in [0.4, 0.5) is 11.4 Å². The number of hydrogen-bond donors (Lipinski definition) is 0. The van der Waals surface area contributed by atoms with Crippen LogP contribution in [0.2, 0.25) is 5.02 Å². The number of anilines is 2. The van der Waals surface area contributed by atoms with E-state index in [2.05, 4.69) is 47.4 Å². The zero-order valence-electron chi connectivity index (χ0n) is 23.1. The Labute approximate surface area is 236 Å². The fourth-order valence-corrected chi connectivity index (χ4v) is 6.62. The highest BCUT2D eigenvalue weighted by atomic mass is 35.5. The maximum Gasteiger partial charge on any atom is 0.246 e. The Bertz CT molecular complexity index is 1290. The lowest BCUT2D eigenvalue weighted by Gasteiger charge is -2.42. The van der Waals surface area contributed by atoms with Gasteiger partial charge in [-0.3, -0.25) is 4.79 Å². The van der Waals surface area contributed by atoms with E-state index >= 15 is 0 Å². The molecule has 0 aliphatic carbocycles. The minimum atomic E-state index is -0.0603. The Morgan fingerprint density at radius 3 is 2.74 bits per heavy atom. The molecule has 2 fully saturated rings. The summed E-state index contributed by atoms with van der Waals surface area (Å²) in [4.78, 5) is 26.1. The molecular weight excluding hydrogens is 512 g/mol. The first-order chi connectivity index (χ1) is 18.8. The van der Waals surface area contributed by atoms with E-state index in [1.807, 2.05) is 24.0 Å². The standard InChI is InChI=1S/C30H37ClN6O2/c1-5-27(38)37-15-14-36(17-21(37)3)29-23-11-13-35(28-20(2)8-6-10-25(28)31)18-26(23)33-30(24(29)16-32)39-19-22-9-7-12-34(22)4/h5-6,8,10,21-22H,1,7,9,11-15,17-19H2,2-4H3/t21-,22+/m1/s1. The molecule has 0 saturated carbocycles. The fourth-order valence-electron chi connectivity index (χ4n) is 6.27. The molecule has 0 unspecified atom stereocenters. The van der Waals surface area contributed by atoms with E-state index < -0.39 is 0 Å². The van der Waals surface area contributed by atoms with Crippen molar-refractivity contribution in [2.24, 2.45) is 0 Å². The molecule has 5 rings (SSSR count). The number of piperazine rings is 1. The summed E-state index contributed by atoms with van der Waals surface area (Å²) in [6, 6.07) is 8.72. The fraction of sp³-hybridized carbons (Fsp3) is 0.500. The number of aryl methyl sites for hydroxylation is 1. The normalized spacial score (nSPS) is 21.5. The first-order valence-corrected chi connectivity index (χ1v) is 14.2. The van der Waals surface area contributed by atoms with Crippen LogP contribution in [0.3, 0.4) is 0 Å². The van der Waals surface area contributed by atoms with E-state index in [4.69, 9.17) is 21.3 Å². The van der Waals surface area contributed by atoms with E-state index in [1.165, 1.54) is 6.08 Å². The van der Waals surface area contributed by atoms with Gasteiger partial charge in [0.25, 0.3) is 0 Å². The third-order valence-electron chi connectivity index (χ3n) is 8.40. The number of para-hydroxylation sites is 1. The van der Waals surface area contributed by atoms with Crippen LogP contribution in [0.15, 0.2) is 30.9 Å². The molecule has 0 spiro atoms. The molecule has 1 aromatic carbocycles. The number of aromatic nitrogens is 1. The van der Waals surface area contributed by atoms with Gasteiger partial charge in [0.05, 0.1) is 28.6 Å². The van der Waals surface area contributed by atoms with E-state index in [-0.39, 0.29) is 11.9 Å². The van der Waals surface area contributed by atoms with Crippen molar-refractivity contribution in [1.82, 2.24) is 14.8 Å². The molecule has 0 radical (unpaired) electrons. The number of halogens is 1. The number of likely N-dealkylation sites (tertiary alicyclic amines) is 1. The number of nitrogens with zero attached hydrogens (tertiary/aromatic N) is 6. The maximum atomic E-state index is 12.4. The van der Waals surface area contributed by atoms with E-state index in [0.29, 0.717) is 50.3 Å². The van der Waals surface area contributed by atoms with Crippen molar-refractivity contribution in [2.45, 2.75) is 51.7 Å². The Morgan fingerprint density at radius 2 is 2.08 bits per heavy atom. The summed E-state index contributed by atoms with van der Waals surface area (Å²) in [5.41, 5.74) is 5.56. The maximum absolute atomic E-state index is 12.4. The smallest absolute Gasteiger partial charge is 0.246 e. The minimum Gasteiger partial charge on any atom is -0.475 e. The Kier molecular flexibility index (Phi) is 8.01. The summed E-state index contributed by atoms with van der Waals surface area (Å²) in [7, 11) is 2.12. The third-order valence-corrected chi connectivity index (χ3v) is 8.70. The number of hydrogen-bond acceptors (Lipinski definition) is 7. The van der Waals surface area contributed by atoms with Gasteiger partial charge < -0.3 is 24.3 Å². The van der Waals surface area contributed by atoms with Crippen LogP contribution in [0.1, 0.15) is 42.1 Å². The summed E-state index contributed by atoms with van der Waals surface area (Å²) >= 11 is 6.64. The number of carbonyl (C=O) groups excluding carboxylic acids is 1. The van der Waals surface area contributed by atoms with Crippen molar-refractivity contribution in [3.05, 3.63) is 58.3 Å². The molecule has 8 nitrogen and oxygen atoms in total. The number of carbonyl (C=O) groups is 1. The van der Waals surface area contributed by atoms with Crippen LogP contribution in [0, 0.1) is 18.3 Å². The molecule has 0 N–H and O–H groups in total. The number of amides is 1. The van der Waals surface area contributed by atoms with E-state index in [9.17, 15) is 10.1 Å². The lowest BCUT2D eigenvalue weighted by Crippen LogP contribution is -2.54. The summed E-state index contributed by atoms with van der Waals surface area (Å²) in [5, 5.41) is 11.1. The summed E-state index contributed by atoms with van der Waals surface area (Å²) in [6.07, 6.45) is 4.34. The van der Waals surface area contributed by atoms with Gasteiger partial charge in [-0.15, -0.1) is 0 Å². The zero-order chi connectivity index (χ0) is 27.7. The molecule has 39 heavy (non-hydrogen) atoms. The Morgan fingerprint density at radius 1 is 1.26 bits per heavy atom. The molecule has 1 aromatic heterocycles. The van der Waals surface area contributed by atoms with E-state index in [0.717, 1.165) is 65.6 Å². The quantitative estimate of drug-likeness (QED) is 0.501. The van der Waals surface area contributed by atoms with Crippen LogP contribution < -0.4 is 14.5 Å². The van der Waals surface area contributed by atoms with Crippen molar-refractivity contribution in [3.8, 4) is 11.9 Å². The molecule has 9 heteroatoms. The number of pyridine rings is 1. The number of rotatable bonds is 6. The largest absolute Gasteiger partial charge is 0.475 e. The number of fused-ring (bicyclic) bond motifs is 1. The van der Waals surface area contributed by atoms with Gasteiger partial charge in [-0.05, 0) is 64.4 Å². The Hall–Kier alpha value is -3.28. The van der Waals surface area contributed by atoms with Gasteiger partial charge in [0.1, 0.15) is 18.2 Å². The topological polar surface area (TPSA) is 75.9 Å². The van der Waals surface area contributed by atoms with Gasteiger partial charge in [0.15, 0.2) is 0 Å².